The largest absolute Gasteiger partial charge is 0.312 e. The van der Waals surface area contributed by atoms with Crippen LogP contribution in [0.15, 0.2) is 35.8 Å². The van der Waals surface area contributed by atoms with Crippen LogP contribution in [0, 0.1) is 0 Å². The Morgan fingerprint density at radius 2 is 2.15 bits per heavy atom. The molecule has 0 saturated carbocycles. The summed E-state index contributed by atoms with van der Waals surface area (Å²) in [6.07, 6.45) is 1.78. The predicted octanol–water partition coefficient (Wildman–Crippen LogP) is 4.29. The molecule has 5 heteroatoms. The average molecular weight is 304 g/mol. The van der Waals surface area contributed by atoms with Crippen LogP contribution in [0.2, 0.25) is 5.02 Å². The molecule has 1 unspecified atom stereocenters. The number of fused-ring (bicyclic) bond motifs is 1. The number of halogens is 1. The van der Waals surface area contributed by atoms with Crippen molar-refractivity contribution in [1.82, 2.24) is 15.3 Å². The quantitative estimate of drug-likeness (QED) is 0.784. The molecule has 102 valence electrons. The summed E-state index contributed by atoms with van der Waals surface area (Å²) in [5.41, 5.74) is 2.98. The van der Waals surface area contributed by atoms with Crippen LogP contribution in [-0.4, -0.2) is 17.0 Å². The van der Waals surface area contributed by atoms with Gasteiger partial charge in [0.15, 0.2) is 0 Å². The van der Waals surface area contributed by atoms with E-state index in [0.717, 1.165) is 32.2 Å². The van der Waals surface area contributed by atoms with Crippen LogP contribution < -0.4 is 5.32 Å². The van der Waals surface area contributed by atoms with E-state index < -0.39 is 0 Å². The van der Waals surface area contributed by atoms with Gasteiger partial charge in [-0.2, -0.15) is 0 Å². The van der Waals surface area contributed by atoms with E-state index >= 15 is 0 Å². The van der Waals surface area contributed by atoms with E-state index in [1.807, 2.05) is 31.3 Å². The first-order valence-corrected chi connectivity index (χ1v) is 7.62. The molecule has 1 atom stereocenters. The van der Waals surface area contributed by atoms with Crippen molar-refractivity contribution < 1.29 is 0 Å². The molecule has 1 aromatic carbocycles. The van der Waals surface area contributed by atoms with Gasteiger partial charge in [-0.1, -0.05) is 11.6 Å². The Morgan fingerprint density at radius 1 is 1.30 bits per heavy atom. The van der Waals surface area contributed by atoms with Gasteiger partial charge in [0, 0.05) is 28.6 Å². The zero-order valence-corrected chi connectivity index (χ0v) is 12.8. The van der Waals surface area contributed by atoms with Crippen LogP contribution in [-0.2, 0) is 0 Å². The Balaban J connectivity index is 2.15. The molecule has 1 N–H and O–H groups in total. The van der Waals surface area contributed by atoms with Crippen molar-refractivity contribution in [2.24, 2.45) is 0 Å². The maximum atomic E-state index is 6.23. The highest BCUT2D eigenvalue weighted by atomic mass is 35.5. The number of nitrogens with one attached hydrogen (secondary N) is 1. The maximum absolute atomic E-state index is 6.23. The van der Waals surface area contributed by atoms with E-state index in [2.05, 4.69) is 22.6 Å². The SMILES string of the molecule is CNC(C)c1csc(-c2ccc(Cl)c3cccnc23)n1. The van der Waals surface area contributed by atoms with Crippen molar-refractivity contribution in [1.29, 1.82) is 0 Å². The lowest BCUT2D eigenvalue weighted by Crippen LogP contribution is -2.12. The van der Waals surface area contributed by atoms with E-state index in [-0.39, 0.29) is 6.04 Å². The monoisotopic (exact) mass is 303 g/mol. The summed E-state index contributed by atoms with van der Waals surface area (Å²) in [5.74, 6) is 0. The van der Waals surface area contributed by atoms with Crippen molar-refractivity contribution in [3.05, 3.63) is 46.6 Å². The highest BCUT2D eigenvalue weighted by Crippen LogP contribution is 2.33. The standard InChI is InChI=1S/C15H14ClN3S/c1-9(17-2)13-8-20-15(19-13)11-5-6-12(16)10-4-3-7-18-14(10)11/h3-9,17H,1-2H3. The molecule has 2 aromatic heterocycles. The van der Waals surface area contributed by atoms with Crippen LogP contribution >= 0.6 is 22.9 Å². The lowest BCUT2D eigenvalue weighted by molar-refractivity contribution is 0.637. The zero-order valence-electron chi connectivity index (χ0n) is 11.2. The van der Waals surface area contributed by atoms with Crippen LogP contribution in [0.4, 0.5) is 0 Å². The van der Waals surface area contributed by atoms with Gasteiger partial charge in [-0.15, -0.1) is 11.3 Å². The fourth-order valence-electron chi connectivity index (χ4n) is 2.07. The van der Waals surface area contributed by atoms with Crippen LogP contribution in [0.1, 0.15) is 18.7 Å². The van der Waals surface area contributed by atoms with Crippen molar-refractivity contribution in [3.63, 3.8) is 0 Å². The fraction of sp³-hybridized carbons (Fsp3) is 0.200. The summed E-state index contributed by atoms with van der Waals surface area (Å²) < 4.78 is 0. The Labute approximate surface area is 126 Å². The molecule has 0 fully saturated rings. The smallest absolute Gasteiger partial charge is 0.125 e. The first-order chi connectivity index (χ1) is 9.70. The maximum Gasteiger partial charge on any atom is 0.125 e. The molecule has 0 aliphatic carbocycles. The molecule has 0 aliphatic heterocycles. The molecular formula is C15H14ClN3S. The molecule has 0 saturated heterocycles. The lowest BCUT2D eigenvalue weighted by atomic mass is 10.1. The molecule has 0 spiro atoms. The second kappa shape index (κ2) is 5.48. The molecule has 20 heavy (non-hydrogen) atoms. The van der Waals surface area contributed by atoms with Crippen LogP contribution in [0.25, 0.3) is 21.5 Å². The van der Waals surface area contributed by atoms with Gasteiger partial charge in [-0.25, -0.2) is 4.98 Å². The van der Waals surface area contributed by atoms with E-state index in [4.69, 9.17) is 16.6 Å². The summed E-state index contributed by atoms with van der Waals surface area (Å²) in [4.78, 5) is 9.16. The van der Waals surface area contributed by atoms with Gasteiger partial charge in [-0.3, -0.25) is 4.98 Å². The third kappa shape index (κ3) is 2.30. The molecule has 3 rings (SSSR count). The van der Waals surface area contributed by atoms with Crippen molar-refractivity contribution in [3.8, 4) is 10.6 Å². The number of aromatic nitrogens is 2. The minimum absolute atomic E-state index is 0.242. The van der Waals surface area contributed by atoms with Gasteiger partial charge in [0.25, 0.3) is 0 Å². The molecular weight excluding hydrogens is 290 g/mol. The van der Waals surface area contributed by atoms with Gasteiger partial charge in [0.2, 0.25) is 0 Å². The summed E-state index contributed by atoms with van der Waals surface area (Å²) in [6, 6.07) is 8.02. The highest BCUT2D eigenvalue weighted by molar-refractivity contribution is 7.13. The minimum Gasteiger partial charge on any atom is -0.312 e. The molecule has 3 aromatic rings. The molecule has 0 bridgehead atoms. The highest BCUT2D eigenvalue weighted by Gasteiger charge is 2.13. The van der Waals surface area contributed by atoms with Gasteiger partial charge < -0.3 is 5.32 Å². The Kier molecular flexibility index (Phi) is 3.70. The summed E-state index contributed by atoms with van der Waals surface area (Å²) in [5, 5.41) is 7.94. The number of hydrogen-bond donors (Lipinski definition) is 1. The van der Waals surface area contributed by atoms with E-state index in [1.165, 1.54) is 0 Å². The van der Waals surface area contributed by atoms with Crippen molar-refractivity contribution in [2.75, 3.05) is 7.05 Å². The van der Waals surface area contributed by atoms with Crippen LogP contribution in [0.3, 0.4) is 0 Å². The van der Waals surface area contributed by atoms with Crippen molar-refractivity contribution in [2.45, 2.75) is 13.0 Å². The Morgan fingerprint density at radius 3 is 2.95 bits per heavy atom. The number of thiazole rings is 1. The van der Waals surface area contributed by atoms with Gasteiger partial charge >= 0.3 is 0 Å². The number of benzene rings is 1. The van der Waals surface area contributed by atoms with Crippen LogP contribution in [0.5, 0.6) is 0 Å². The third-order valence-corrected chi connectivity index (χ3v) is 4.57. The third-order valence-electron chi connectivity index (χ3n) is 3.35. The number of pyridine rings is 1. The summed E-state index contributed by atoms with van der Waals surface area (Å²) >= 11 is 7.86. The zero-order chi connectivity index (χ0) is 14.1. The number of hydrogen-bond acceptors (Lipinski definition) is 4. The van der Waals surface area contributed by atoms with E-state index in [0.29, 0.717) is 0 Å². The van der Waals surface area contributed by atoms with E-state index in [9.17, 15) is 0 Å². The van der Waals surface area contributed by atoms with Crippen molar-refractivity contribution >= 4 is 33.8 Å². The topological polar surface area (TPSA) is 37.8 Å². The molecule has 0 radical (unpaired) electrons. The fourth-order valence-corrected chi connectivity index (χ4v) is 3.22. The Bertz CT molecular complexity index is 754. The average Bonchev–Trinajstić information content (AvgIpc) is 2.97. The minimum atomic E-state index is 0.242. The normalized spacial score (nSPS) is 12.8. The van der Waals surface area contributed by atoms with Gasteiger partial charge in [-0.05, 0) is 38.2 Å². The molecule has 3 nitrogen and oxygen atoms in total. The second-order valence-electron chi connectivity index (χ2n) is 4.58. The van der Waals surface area contributed by atoms with Gasteiger partial charge in [0.1, 0.15) is 5.01 Å². The van der Waals surface area contributed by atoms with E-state index in [1.54, 1.807) is 17.5 Å². The lowest BCUT2D eigenvalue weighted by Gasteiger charge is -2.06. The first kappa shape index (κ1) is 13.5. The van der Waals surface area contributed by atoms with Gasteiger partial charge in [0.05, 0.1) is 16.2 Å². The summed E-state index contributed by atoms with van der Waals surface area (Å²) in [6.45, 7) is 2.09. The Hall–Kier alpha value is -1.49. The number of rotatable bonds is 3. The summed E-state index contributed by atoms with van der Waals surface area (Å²) in [7, 11) is 1.93. The predicted molar refractivity (Wildman–Crippen MR) is 85.3 cm³/mol. The second-order valence-corrected chi connectivity index (χ2v) is 5.85. The molecule has 0 amide bonds. The first-order valence-electron chi connectivity index (χ1n) is 6.37. The molecule has 0 aliphatic rings. The molecule has 2 heterocycles. The number of nitrogens with zero attached hydrogens (tertiary/aromatic N) is 2.